The normalized spacial score (nSPS) is 15.3. The fourth-order valence-corrected chi connectivity index (χ4v) is 2.30. The molecule has 1 aromatic carbocycles. The Morgan fingerprint density at radius 3 is 2.65 bits per heavy atom. The summed E-state index contributed by atoms with van der Waals surface area (Å²) < 4.78 is 5.23. The predicted octanol–water partition coefficient (Wildman–Crippen LogP) is 2.07. The lowest BCUT2D eigenvalue weighted by molar-refractivity contribution is -0.135. The Morgan fingerprint density at radius 1 is 1.25 bits per heavy atom. The molecule has 1 saturated heterocycles. The van der Waals surface area contributed by atoms with Crippen LogP contribution in [-0.4, -0.2) is 43.7 Å². The van der Waals surface area contributed by atoms with Crippen molar-refractivity contribution in [3.8, 4) is 0 Å². The molecule has 1 aliphatic heterocycles. The highest BCUT2D eigenvalue weighted by atomic mass is 35.5. The van der Waals surface area contributed by atoms with E-state index in [0.717, 1.165) is 37.6 Å². The second-order valence-electron chi connectivity index (χ2n) is 4.90. The molecular formula is C15H21ClN2O2. The van der Waals surface area contributed by atoms with Crippen LogP contribution in [0.3, 0.4) is 0 Å². The largest absolute Gasteiger partial charge is 0.378 e. The summed E-state index contributed by atoms with van der Waals surface area (Å²) in [5, 5.41) is 4.10. The lowest BCUT2D eigenvalue weighted by Gasteiger charge is -2.26. The first-order chi connectivity index (χ1) is 9.75. The van der Waals surface area contributed by atoms with Crippen molar-refractivity contribution in [2.75, 3.05) is 32.8 Å². The van der Waals surface area contributed by atoms with E-state index in [1.54, 1.807) is 0 Å². The summed E-state index contributed by atoms with van der Waals surface area (Å²) in [5.74, 6) is 0.238. The monoisotopic (exact) mass is 296 g/mol. The summed E-state index contributed by atoms with van der Waals surface area (Å²) in [5.41, 5.74) is 1.20. The Bertz CT molecular complexity index is 416. The predicted molar refractivity (Wildman–Crippen MR) is 79.8 cm³/mol. The van der Waals surface area contributed by atoms with Gasteiger partial charge in [-0.25, -0.2) is 0 Å². The third kappa shape index (κ3) is 5.12. The highest BCUT2D eigenvalue weighted by Gasteiger charge is 2.15. The molecule has 110 valence electrons. The highest BCUT2D eigenvalue weighted by molar-refractivity contribution is 6.30. The van der Waals surface area contributed by atoms with Crippen molar-refractivity contribution < 1.29 is 9.53 Å². The molecule has 0 saturated carbocycles. The molecule has 0 unspecified atom stereocenters. The van der Waals surface area contributed by atoms with Crippen LogP contribution in [0.2, 0.25) is 5.02 Å². The number of nitrogens with zero attached hydrogens (tertiary/aromatic N) is 1. The van der Waals surface area contributed by atoms with E-state index in [4.69, 9.17) is 16.3 Å². The highest BCUT2D eigenvalue weighted by Crippen LogP contribution is 2.09. The lowest BCUT2D eigenvalue weighted by Crippen LogP contribution is -2.40. The van der Waals surface area contributed by atoms with Crippen LogP contribution in [0, 0.1) is 0 Å². The Labute approximate surface area is 125 Å². The molecule has 1 fully saturated rings. The number of rotatable bonds is 6. The van der Waals surface area contributed by atoms with E-state index in [9.17, 15) is 4.79 Å². The molecule has 2 rings (SSSR count). The minimum Gasteiger partial charge on any atom is -0.378 e. The minimum atomic E-state index is 0.238. The number of amides is 1. The number of hydrogen-bond donors (Lipinski definition) is 1. The van der Waals surface area contributed by atoms with Crippen molar-refractivity contribution in [2.24, 2.45) is 0 Å². The van der Waals surface area contributed by atoms with Gasteiger partial charge in [0.15, 0.2) is 0 Å². The third-order valence-electron chi connectivity index (χ3n) is 3.35. The van der Waals surface area contributed by atoms with E-state index in [2.05, 4.69) is 5.32 Å². The molecule has 1 aromatic rings. The topological polar surface area (TPSA) is 41.6 Å². The molecule has 20 heavy (non-hydrogen) atoms. The SMILES string of the molecule is O=C(CCCNCc1ccc(Cl)cc1)N1CCOCC1. The molecule has 1 heterocycles. The Morgan fingerprint density at radius 2 is 1.95 bits per heavy atom. The minimum absolute atomic E-state index is 0.238. The van der Waals surface area contributed by atoms with Crippen molar-refractivity contribution in [3.05, 3.63) is 34.9 Å². The van der Waals surface area contributed by atoms with E-state index in [-0.39, 0.29) is 5.91 Å². The number of nitrogens with one attached hydrogen (secondary N) is 1. The van der Waals surface area contributed by atoms with Gasteiger partial charge >= 0.3 is 0 Å². The summed E-state index contributed by atoms with van der Waals surface area (Å²) in [6, 6.07) is 7.80. The smallest absolute Gasteiger partial charge is 0.222 e. The van der Waals surface area contributed by atoms with Crippen LogP contribution in [-0.2, 0) is 16.1 Å². The summed E-state index contributed by atoms with van der Waals surface area (Å²) in [6.45, 7) is 4.46. The van der Waals surface area contributed by atoms with E-state index < -0.39 is 0 Å². The average molecular weight is 297 g/mol. The molecular weight excluding hydrogens is 276 g/mol. The van der Waals surface area contributed by atoms with Gasteiger partial charge in [0.05, 0.1) is 13.2 Å². The molecule has 1 amide bonds. The molecule has 4 nitrogen and oxygen atoms in total. The summed E-state index contributed by atoms with van der Waals surface area (Å²) >= 11 is 5.83. The third-order valence-corrected chi connectivity index (χ3v) is 3.60. The number of benzene rings is 1. The van der Waals surface area contributed by atoms with E-state index in [1.807, 2.05) is 29.2 Å². The van der Waals surface area contributed by atoms with Gasteiger partial charge in [0, 0.05) is 31.1 Å². The van der Waals surface area contributed by atoms with Crippen molar-refractivity contribution in [1.29, 1.82) is 0 Å². The molecule has 1 N–H and O–H groups in total. The number of ether oxygens (including phenoxy) is 1. The molecule has 0 spiro atoms. The first-order valence-corrected chi connectivity index (χ1v) is 7.44. The van der Waals surface area contributed by atoms with E-state index in [0.29, 0.717) is 19.6 Å². The zero-order chi connectivity index (χ0) is 14.2. The molecule has 0 atom stereocenters. The van der Waals surface area contributed by atoms with Crippen LogP contribution >= 0.6 is 11.6 Å². The van der Waals surface area contributed by atoms with Crippen molar-refractivity contribution >= 4 is 17.5 Å². The molecule has 0 radical (unpaired) electrons. The summed E-state index contributed by atoms with van der Waals surface area (Å²) in [7, 11) is 0. The zero-order valence-corrected chi connectivity index (χ0v) is 12.4. The Kier molecular flexibility index (Phi) is 6.30. The van der Waals surface area contributed by atoms with Gasteiger partial charge in [0.25, 0.3) is 0 Å². The van der Waals surface area contributed by atoms with Gasteiger partial charge < -0.3 is 15.0 Å². The number of morpholine rings is 1. The fourth-order valence-electron chi connectivity index (χ4n) is 2.17. The van der Waals surface area contributed by atoms with Crippen LogP contribution in [0.15, 0.2) is 24.3 Å². The van der Waals surface area contributed by atoms with Gasteiger partial charge in [-0.2, -0.15) is 0 Å². The summed E-state index contributed by atoms with van der Waals surface area (Å²) in [4.78, 5) is 13.8. The van der Waals surface area contributed by atoms with Gasteiger partial charge in [-0.05, 0) is 30.7 Å². The lowest BCUT2D eigenvalue weighted by atomic mass is 10.2. The van der Waals surface area contributed by atoms with E-state index >= 15 is 0 Å². The summed E-state index contributed by atoms with van der Waals surface area (Å²) in [6.07, 6.45) is 1.47. The second-order valence-corrected chi connectivity index (χ2v) is 5.34. The van der Waals surface area contributed by atoms with Gasteiger partial charge in [-0.15, -0.1) is 0 Å². The van der Waals surface area contributed by atoms with Gasteiger partial charge in [-0.1, -0.05) is 23.7 Å². The average Bonchev–Trinajstić information content (AvgIpc) is 2.49. The molecule has 1 aliphatic rings. The van der Waals surface area contributed by atoms with Crippen LogP contribution in [0.25, 0.3) is 0 Å². The second kappa shape index (κ2) is 8.25. The Hall–Kier alpha value is -1.10. The van der Waals surface area contributed by atoms with Gasteiger partial charge in [-0.3, -0.25) is 4.79 Å². The van der Waals surface area contributed by atoms with Gasteiger partial charge in [0.2, 0.25) is 5.91 Å². The quantitative estimate of drug-likeness (QED) is 0.817. The van der Waals surface area contributed by atoms with Crippen molar-refractivity contribution in [1.82, 2.24) is 10.2 Å². The maximum Gasteiger partial charge on any atom is 0.222 e. The van der Waals surface area contributed by atoms with Crippen LogP contribution in [0.1, 0.15) is 18.4 Å². The fraction of sp³-hybridized carbons (Fsp3) is 0.533. The maximum absolute atomic E-state index is 11.9. The number of halogens is 1. The number of carbonyl (C=O) groups is 1. The Balaban J connectivity index is 1.57. The standard InChI is InChI=1S/C15H21ClN2O2/c16-14-5-3-13(4-6-14)12-17-7-1-2-15(19)18-8-10-20-11-9-18/h3-6,17H,1-2,7-12H2. The molecule has 0 bridgehead atoms. The number of hydrogen-bond acceptors (Lipinski definition) is 3. The first-order valence-electron chi connectivity index (χ1n) is 7.06. The number of carbonyl (C=O) groups excluding carboxylic acids is 1. The van der Waals surface area contributed by atoms with Gasteiger partial charge in [0.1, 0.15) is 0 Å². The molecule has 0 aliphatic carbocycles. The van der Waals surface area contributed by atoms with Crippen LogP contribution < -0.4 is 5.32 Å². The zero-order valence-electron chi connectivity index (χ0n) is 11.6. The van der Waals surface area contributed by atoms with Crippen molar-refractivity contribution in [2.45, 2.75) is 19.4 Å². The van der Waals surface area contributed by atoms with Crippen LogP contribution in [0.4, 0.5) is 0 Å². The molecule has 0 aromatic heterocycles. The molecule has 5 heteroatoms. The van der Waals surface area contributed by atoms with E-state index in [1.165, 1.54) is 5.56 Å². The van der Waals surface area contributed by atoms with Crippen LogP contribution in [0.5, 0.6) is 0 Å². The first kappa shape index (κ1) is 15.3. The van der Waals surface area contributed by atoms with Crippen molar-refractivity contribution in [3.63, 3.8) is 0 Å². The maximum atomic E-state index is 11.9.